The van der Waals surface area contributed by atoms with Crippen molar-refractivity contribution in [2.45, 2.75) is 18.6 Å². The van der Waals surface area contributed by atoms with Crippen LogP contribution in [0.2, 0.25) is 0 Å². The maximum absolute atomic E-state index is 13.3. The molecular formula is C22H18FN3OS2. The van der Waals surface area contributed by atoms with Gasteiger partial charge in [0.05, 0.1) is 17.2 Å². The molecule has 4 aromatic rings. The normalized spacial score (nSPS) is 11.0. The Labute approximate surface area is 176 Å². The van der Waals surface area contributed by atoms with E-state index in [-0.39, 0.29) is 17.4 Å². The number of halogens is 1. The van der Waals surface area contributed by atoms with Gasteiger partial charge in [0.1, 0.15) is 5.82 Å². The summed E-state index contributed by atoms with van der Waals surface area (Å²) < 4.78 is 15.3. The standard InChI is InChI=1S/C22H18FN3OS2/c1-15-7-12-20(29-15)19(27)14-28-22-25-24-21(17-8-10-18(23)11-9-17)26(22)13-16-5-3-2-4-6-16/h2-12H,13-14H2,1H3. The van der Waals surface area contributed by atoms with Gasteiger partial charge < -0.3 is 0 Å². The number of nitrogens with zero attached hydrogens (tertiary/aromatic N) is 3. The number of thiophene rings is 1. The molecule has 0 bridgehead atoms. The summed E-state index contributed by atoms with van der Waals surface area (Å²) in [5.41, 5.74) is 1.87. The average molecular weight is 424 g/mol. The number of Topliss-reactive ketones (excluding diaryl/α,β-unsaturated/α-hetero) is 1. The highest BCUT2D eigenvalue weighted by atomic mass is 32.2. The van der Waals surface area contributed by atoms with E-state index in [9.17, 15) is 9.18 Å². The quantitative estimate of drug-likeness (QED) is 0.292. The summed E-state index contributed by atoms with van der Waals surface area (Å²) in [7, 11) is 0. The molecule has 7 heteroatoms. The van der Waals surface area contributed by atoms with Crippen LogP contribution in [0, 0.1) is 12.7 Å². The van der Waals surface area contributed by atoms with E-state index in [0.717, 1.165) is 20.9 Å². The van der Waals surface area contributed by atoms with Gasteiger partial charge in [0, 0.05) is 10.4 Å². The first-order valence-corrected chi connectivity index (χ1v) is 10.9. The molecule has 0 aliphatic carbocycles. The van der Waals surface area contributed by atoms with Crippen molar-refractivity contribution >= 4 is 28.9 Å². The molecular weight excluding hydrogens is 405 g/mol. The highest BCUT2D eigenvalue weighted by Gasteiger charge is 2.17. The third-order valence-electron chi connectivity index (χ3n) is 4.35. The van der Waals surface area contributed by atoms with E-state index in [4.69, 9.17) is 0 Å². The van der Waals surface area contributed by atoms with E-state index >= 15 is 0 Å². The second-order valence-electron chi connectivity index (χ2n) is 6.51. The van der Waals surface area contributed by atoms with Gasteiger partial charge in [-0.15, -0.1) is 21.5 Å². The number of thioether (sulfide) groups is 1. The number of carbonyl (C=O) groups excluding carboxylic acids is 1. The topological polar surface area (TPSA) is 47.8 Å². The van der Waals surface area contributed by atoms with Crippen LogP contribution >= 0.6 is 23.1 Å². The number of aryl methyl sites for hydroxylation is 1. The molecule has 2 heterocycles. The number of aromatic nitrogens is 3. The van der Waals surface area contributed by atoms with Crippen LogP contribution in [0.1, 0.15) is 20.1 Å². The zero-order chi connectivity index (χ0) is 20.2. The van der Waals surface area contributed by atoms with Crippen molar-refractivity contribution in [3.63, 3.8) is 0 Å². The van der Waals surface area contributed by atoms with E-state index in [1.807, 2.05) is 54.0 Å². The maximum Gasteiger partial charge on any atom is 0.192 e. The van der Waals surface area contributed by atoms with E-state index < -0.39 is 0 Å². The summed E-state index contributed by atoms with van der Waals surface area (Å²) >= 11 is 2.87. The van der Waals surface area contributed by atoms with Crippen LogP contribution < -0.4 is 0 Å². The Balaban J connectivity index is 1.62. The Hall–Kier alpha value is -2.77. The molecule has 0 aliphatic heterocycles. The van der Waals surface area contributed by atoms with Crippen molar-refractivity contribution in [1.82, 2.24) is 14.8 Å². The SMILES string of the molecule is Cc1ccc(C(=O)CSc2nnc(-c3ccc(F)cc3)n2Cc2ccccc2)s1. The lowest BCUT2D eigenvalue weighted by atomic mass is 10.2. The van der Waals surface area contributed by atoms with Gasteiger partial charge in [-0.05, 0) is 48.9 Å². The third kappa shape index (κ3) is 4.63. The highest BCUT2D eigenvalue weighted by Crippen LogP contribution is 2.27. The molecule has 0 saturated heterocycles. The maximum atomic E-state index is 13.3. The molecule has 4 nitrogen and oxygen atoms in total. The minimum Gasteiger partial charge on any atom is -0.298 e. The number of hydrogen-bond donors (Lipinski definition) is 0. The predicted octanol–water partition coefficient (Wildman–Crippen LogP) is 5.48. The van der Waals surface area contributed by atoms with Crippen LogP contribution in [0.5, 0.6) is 0 Å². The first-order chi connectivity index (χ1) is 14.1. The fourth-order valence-corrected chi connectivity index (χ4v) is 4.62. The van der Waals surface area contributed by atoms with Crippen LogP contribution in [0.15, 0.2) is 71.9 Å². The lowest BCUT2D eigenvalue weighted by Crippen LogP contribution is -2.06. The van der Waals surface area contributed by atoms with E-state index in [1.54, 1.807) is 12.1 Å². The van der Waals surface area contributed by atoms with E-state index in [2.05, 4.69) is 10.2 Å². The minimum atomic E-state index is -0.297. The Morgan fingerprint density at radius 3 is 2.48 bits per heavy atom. The number of benzene rings is 2. The van der Waals surface area contributed by atoms with Gasteiger partial charge in [0.25, 0.3) is 0 Å². The molecule has 0 N–H and O–H groups in total. The zero-order valence-electron chi connectivity index (χ0n) is 15.7. The molecule has 2 aromatic heterocycles. The van der Waals surface area contributed by atoms with Crippen molar-refractivity contribution in [3.05, 3.63) is 87.9 Å². The largest absolute Gasteiger partial charge is 0.298 e. The summed E-state index contributed by atoms with van der Waals surface area (Å²) in [6.07, 6.45) is 0. The molecule has 0 radical (unpaired) electrons. The average Bonchev–Trinajstić information content (AvgIpc) is 3.34. The van der Waals surface area contributed by atoms with Gasteiger partial charge in [0.2, 0.25) is 0 Å². The Morgan fingerprint density at radius 1 is 1.03 bits per heavy atom. The molecule has 0 atom stereocenters. The van der Waals surface area contributed by atoms with Crippen molar-refractivity contribution in [1.29, 1.82) is 0 Å². The number of carbonyl (C=O) groups is 1. The first kappa shape index (κ1) is 19.5. The first-order valence-electron chi connectivity index (χ1n) is 9.05. The molecule has 0 fully saturated rings. The summed E-state index contributed by atoms with van der Waals surface area (Å²) in [5.74, 6) is 0.715. The fourth-order valence-electron chi connectivity index (χ4n) is 2.90. The van der Waals surface area contributed by atoms with Crippen molar-refractivity contribution < 1.29 is 9.18 Å². The minimum absolute atomic E-state index is 0.0747. The van der Waals surface area contributed by atoms with Crippen LogP contribution in [0.4, 0.5) is 4.39 Å². The molecule has 0 amide bonds. The van der Waals surface area contributed by atoms with Crippen molar-refractivity contribution in [2.24, 2.45) is 0 Å². The molecule has 0 unspecified atom stereocenters. The lowest BCUT2D eigenvalue weighted by Gasteiger charge is -2.10. The van der Waals surface area contributed by atoms with Crippen molar-refractivity contribution in [2.75, 3.05) is 5.75 Å². The second kappa shape index (κ2) is 8.71. The fraction of sp³-hybridized carbons (Fsp3) is 0.136. The molecule has 29 heavy (non-hydrogen) atoms. The van der Waals surface area contributed by atoms with Gasteiger partial charge in [-0.1, -0.05) is 42.1 Å². The molecule has 4 rings (SSSR count). The number of ketones is 1. The van der Waals surface area contributed by atoms with Crippen LogP contribution in [-0.2, 0) is 6.54 Å². The highest BCUT2D eigenvalue weighted by molar-refractivity contribution is 7.99. The number of hydrogen-bond acceptors (Lipinski definition) is 5. The lowest BCUT2D eigenvalue weighted by molar-refractivity contribution is 0.102. The molecule has 146 valence electrons. The van der Waals surface area contributed by atoms with Crippen LogP contribution in [0.3, 0.4) is 0 Å². The van der Waals surface area contributed by atoms with E-state index in [0.29, 0.717) is 17.5 Å². The summed E-state index contributed by atoms with van der Waals surface area (Å²) in [4.78, 5) is 14.4. The molecule has 0 aliphatic rings. The zero-order valence-corrected chi connectivity index (χ0v) is 17.3. The van der Waals surface area contributed by atoms with Gasteiger partial charge in [0.15, 0.2) is 16.8 Å². The Morgan fingerprint density at radius 2 is 1.79 bits per heavy atom. The third-order valence-corrected chi connectivity index (χ3v) is 6.36. The smallest absolute Gasteiger partial charge is 0.192 e. The van der Waals surface area contributed by atoms with E-state index in [1.165, 1.54) is 35.2 Å². The summed E-state index contributed by atoms with van der Waals surface area (Å²) in [5, 5.41) is 9.31. The van der Waals surface area contributed by atoms with Gasteiger partial charge >= 0.3 is 0 Å². The second-order valence-corrected chi connectivity index (χ2v) is 8.74. The van der Waals surface area contributed by atoms with Gasteiger partial charge in [-0.2, -0.15) is 0 Å². The molecule has 0 spiro atoms. The predicted molar refractivity (Wildman–Crippen MR) is 115 cm³/mol. The Kier molecular flexibility index (Phi) is 5.87. The Bertz CT molecular complexity index is 1120. The van der Waals surface area contributed by atoms with Crippen LogP contribution in [0.25, 0.3) is 11.4 Å². The summed E-state index contributed by atoms with van der Waals surface area (Å²) in [6, 6.07) is 20.0. The van der Waals surface area contributed by atoms with Crippen LogP contribution in [-0.4, -0.2) is 26.3 Å². The molecule has 0 saturated carbocycles. The number of rotatable bonds is 7. The van der Waals surface area contributed by atoms with Gasteiger partial charge in [-0.25, -0.2) is 4.39 Å². The molecule has 2 aromatic carbocycles. The summed E-state index contributed by atoms with van der Waals surface area (Å²) in [6.45, 7) is 2.55. The van der Waals surface area contributed by atoms with Gasteiger partial charge in [-0.3, -0.25) is 9.36 Å². The monoisotopic (exact) mass is 423 g/mol. The van der Waals surface area contributed by atoms with Crippen molar-refractivity contribution in [3.8, 4) is 11.4 Å².